The van der Waals surface area contributed by atoms with Gasteiger partial charge in [0.05, 0.1) is 25.9 Å². The lowest BCUT2D eigenvalue weighted by atomic mass is 9.98. The molecule has 10 nitrogen and oxygen atoms in total. The predicted molar refractivity (Wildman–Crippen MR) is 422 cm³/mol. The van der Waals surface area contributed by atoms with Crippen LogP contribution in [0.4, 0.5) is 4.79 Å². The van der Waals surface area contributed by atoms with E-state index in [9.17, 15) is 14.4 Å². The maximum Gasteiger partial charge on any atom is 0.407 e. The molecule has 0 saturated carbocycles. The van der Waals surface area contributed by atoms with Crippen molar-refractivity contribution in [2.24, 2.45) is 17.6 Å². The summed E-state index contributed by atoms with van der Waals surface area (Å²) in [5.41, 5.74) is 10.6. The number of thiocarbonyl (C=S) groups is 1. The SMILES string of the molecule is C=S.CC(C)[C@@H](N)C=O.CCCCCCCCCCCCCCCCCCOc1cc(COC(=O)C(NC(=O)OCC2c3ccccc3-c3ccccc32)C(C)C)cc(OCCCCCCCCCCCCCCCCCC)c1OCCCCCCCCCCCCCCCCCC. The number of nitrogens with two attached hydrogens (primary N) is 1. The third-order valence-corrected chi connectivity index (χ3v) is 19.7. The zero-order chi connectivity index (χ0) is 71.2. The van der Waals surface area contributed by atoms with E-state index in [2.05, 4.69) is 68.4 Å². The molecule has 2 atom stereocenters. The molecule has 1 aliphatic rings. The minimum atomic E-state index is -0.899. The summed E-state index contributed by atoms with van der Waals surface area (Å²) < 4.78 is 32.1. The Morgan fingerprint density at radius 2 is 0.735 bits per heavy atom. The van der Waals surface area contributed by atoms with Gasteiger partial charge in [-0.2, -0.15) is 0 Å². The second-order valence-corrected chi connectivity index (χ2v) is 29.1. The molecule has 1 aliphatic carbocycles. The van der Waals surface area contributed by atoms with Gasteiger partial charge in [-0.3, -0.25) is 0 Å². The van der Waals surface area contributed by atoms with E-state index in [0.29, 0.717) is 37.1 Å². The fourth-order valence-electron chi connectivity index (χ4n) is 13.2. The molecule has 0 spiro atoms. The van der Waals surface area contributed by atoms with E-state index < -0.39 is 18.1 Å². The fourth-order valence-corrected chi connectivity index (χ4v) is 13.2. The zero-order valence-corrected chi connectivity index (χ0v) is 65.0. The third-order valence-electron chi connectivity index (χ3n) is 19.7. The van der Waals surface area contributed by atoms with Gasteiger partial charge in [0.15, 0.2) is 11.5 Å². The lowest BCUT2D eigenvalue weighted by Crippen LogP contribution is -2.45. The molecular formula is C87H148N2O8S. The lowest BCUT2D eigenvalue weighted by molar-refractivity contribution is -0.148. The molecule has 3 aromatic rings. The molecule has 0 bridgehead atoms. The summed E-state index contributed by atoms with van der Waals surface area (Å²) in [6, 6.07) is 19.4. The molecule has 3 aromatic carbocycles. The molecule has 0 aliphatic heterocycles. The van der Waals surface area contributed by atoms with Crippen molar-refractivity contribution in [1.82, 2.24) is 5.32 Å². The zero-order valence-electron chi connectivity index (χ0n) is 64.2. The molecule has 0 radical (unpaired) electrons. The number of rotatable bonds is 63. The number of carbonyl (C=O) groups is 3. The van der Waals surface area contributed by atoms with Gasteiger partial charge in [0.2, 0.25) is 5.75 Å². The van der Waals surface area contributed by atoms with Crippen LogP contribution in [0, 0.1) is 11.8 Å². The van der Waals surface area contributed by atoms with Crippen molar-refractivity contribution in [3.05, 3.63) is 77.4 Å². The maximum absolute atomic E-state index is 14.0. The van der Waals surface area contributed by atoms with Crippen molar-refractivity contribution in [2.45, 2.75) is 381 Å². The molecule has 11 heteroatoms. The first kappa shape index (κ1) is 89.6. The summed E-state index contributed by atoms with van der Waals surface area (Å²) in [4.78, 5) is 37.3. The Balaban J connectivity index is 0.00000340. The van der Waals surface area contributed by atoms with Crippen LogP contribution in [0.2, 0.25) is 0 Å². The van der Waals surface area contributed by atoms with Crippen LogP contribution in [0.15, 0.2) is 60.7 Å². The fraction of sp³-hybridized carbons (Fsp3) is 0.747. The van der Waals surface area contributed by atoms with Crippen LogP contribution in [0.3, 0.4) is 0 Å². The standard InChI is InChI=1S/C81H135NO7.C5H11NO.CH2S/c1-6-9-12-15-18-21-24-27-30-33-36-39-42-45-48-55-62-85-76-65-70(67-88-80(83)78(69(4)5)82-81(84)89-68-75-73-60-53-51-58-71(73)72-59-52-54-61-74(72)75)66-77(86-63-56-49-46-43-40-37-34-31-28-25-22-19-16-13-10-7-2)79(76)87-64-57-50-47-44-41-38-35-32-29-26-23-20-17-14-11-8-3;1-4(2)5(6)3-7;1-2/h51-54,58-61,65-66,69,75,78H,6-50,55-57,62-64,67-68H2,1-5H3,(H,82,84);3-5H,6H2,1-2H3;1H2/t;5-;/m.0./s1. The minimum absolute atomic E-state index is 0.00135. The Labute approximate surface area is 607 Å². The Morgan fingerprint density at radius 1 is 0.439 bits per heavy atom. The number of nitrogens with one attached hydrogen (secondary N) is 1. The third kappa shape index (κ3) is 44.0. The van der Waals surface area contributed by atoms with E-state index in [1.165, 1.54) is 281 Å². The Hall–Kier alpha value is -4.48. The van der Waals surface area contributed by atoms with E-state index in [1.807, 2.05) is 64.1 Å². The number of amides is 1. The lowest BCUT2D eigenvalue weighted by Gasteiger charge is -2.22. The van der Waals surface area contributed by atoms with E-state index >= 15 is 0 Å². The first-order valence-electron chi connectivity index (χ1n) is 40.9. The largest absolute Gasteiger partial charge is 0.490 e. The van der Waals surface area contributed by atoms with Crippen LogP contribution < -0.4 is 25.3 Å². The number of esters is 1. The van der Waals surface area contributed by atoms with Crippen LogP contribution in [-0.4, -0.2) is 62.7 Å². The van der Waals surface area contributed by atoms with Gasteiger partial charge in [-0.1, -0.05) is 398 Å². The summed E-state index contributed by atoms with van der Waals surface area (Å²) in [6.07, 6.45) is 63.7. The van der Waals surface area contributed by atoms with Crippen molar-refractivity contribution < 1.29 is 38.1 Å². The number of ether oxygens (including phenoxy) is 5. The van der Waals surface area contributed by atoms with Crippen LogP contribution in [0.5, 0.6) is 17.2 Å². The van der Waals surface area contributed by atoms with Crippen LogP contribution in [-0.2, 0) is 25.7 Å². The smallest absolute Gasteiger partial charge is 0.407 e. The second-order valence-electron chi connectivity index (χ2n) is 29.1. The van der Waals surface area contributed by atoms with Crippen molar-refractivity contribution in [1.29, 1.82) is 0 Å². The molecule has 3 N–H and O–H groups in total. The quantitative estimate of drug-likeness (QED) is 0.0243. The number of alkyl carbamates (subject to hydrolysis) is 1. The molecule has 0 fully saturated rings. The van der Waals surface area contributed by atoms with Gasteiger partial charge in [-0.05, 0) is 76.9 Å². The number of carbonyl (C=O) groups excluding carboxylic acids is 3. The number of hydrogen-bond donors (Lipinski definition) is 2. The molecule has 560 valence electrons. The van der Waals surface area contributed by atoms with Crippen LogP contribution in [0.1, 0.15) is 379 Å². The highest BCUT2D eigenvalue weighted by atomic mass is 32.1. The van der Waals surface area contributed by atoms with Crippen molar-refractivity contribution in [2.75, 3.05) is 26.4 Å². The summed E-state index contributed by atoms with van der Waals surface area (Å²) in [5.74, 6) is 4.23. The Morgan fingerprint density at radius 3 is 1.02 bits per heavy atom. The van der Waals surface area contributed by atoms with Gasteiger partial charge in [-0.15, -0.1) is 0 Å². The summed E-state index contributed by atoms with van der Waals surface area (Å²) in [7, 11) is 0. The molecule has 0 aromatic heterocycles. The molecule has 0 heterocycles. The Kier molecular flexibility index (Phi) is 58.0. The van der Waals surface area contributed by atoms with E-state index in [4.69, 9.17) is 29.4 Å². The second kappa shape index (κ2) is 63.4. The summed E-state index contributed by atoms with van der Waals surface area (Å²) in [6.45, 7) is 16.5. The highest BCUT2D eigenvalue weighted by Gasteiger charge is 2.31. The van der Waals surface area contributed by atoms with Gasteiger partial charge < -0.3 is 39.5 Å². The van der Waals surface area contributed by atoms with Crippen LogP contribution in [0.25, 0.3) is 11.1 Å². The number of benzene rings is 3. The number of aldehydes is 1. The molecular weight excluding hydrogens is 1230 g/mol. The maximum atomic E-state index is 14.0. The molecule has 98 heavy (non-hydrogen) atoms. The van der Waals surface area contributed by atoms with E-state index in [0.717, 1.165) is 61.5 Å². The predicted octanol–water partition coefficient (Wildman–Crippen LogP) is 26.0. The molecule has 0 saturated heterocycles. The monoisotopic (exact) mass is 1380 g/mol. The Bertz CT molecular complexity index is 2260. The van der Waals surface area contributed by atoms with Crippen molar-refractivity contribution >= 4 is 36.4 Å². The number of fused-ring (bicyclic) bond motifs is 3. The van der Waals surface area contributed by atoms with E-state index in [1.54, 1.807) is 0 Å². The average Bonchev–Trinajstić information content (AvgIpc) is 1.61. The minimum Gasteiger partial charge on any atom is -0.490 e. The highest BCUT2D eigenvalue weighted by molar-refractivity contribution is 7.77. The summed E-state index contributed by atoms with van der Waals surface area (Å²) in [5, 5.41) is 2.86. The first-order chi connectivity index (χ1) is 48.1. The average molecular weight is 1380 g/mol. The van der Waals surface area contributed by atoms with Gasteiger partial charge >= 0.3 is 12.1 Å². The normalized spacial score (nSPS) is 12.3. The van der Waals surface area contributed by atoms with Crippen molar-refractivity contribution in [3.8, 4) is 28.4 Å². The van der Waals surface area contributed by atoms with Gasteiger partial charge in [0, 0.05) is 5.92 Å². The van der Waals surface area contributed by atoms with Gasteiger partial charge in [0.1, 0.15) is 25.5 Å². The topological polar surface area (TPSA) is 135 Å². The first-order valence-corrected chi connectivity index (χ1v) is 41.5. The molecule has 4 rings (SSSR count). The van der Waals surface area contributed by atoms with E-state index in [-0.39, 0.29) is 37.0 Å². The molecule has 1 unspecified atom stereocenters. The summed E-state index contributed by atoms with van der Waals surface area (Å²) >= 11 is 3.83. The highest BCUT2D eigenvalue weighted by Crippen LogP contribution is 2.45. The number of unbranched alkanes of at least 4 members (excludes halogenated alkanes) is 45. The molecule has 1 amide bonds. The van der Waals surface area contributed by atoms with Crippen LogP contribution >= 0.6 is 12.2 Å². The van der Waals surface area contributed by atoms with Gasteiger partial charge in [-0.25, -0.2) is 9.59 Å². The van der Waals surface area contributed by atoms with Crippen molar-refractivity contribution in [3.63, 3.8) is 0 Å². The van der Waals surface area contributed by atoms with Gasteiger partial charge in [0.25, 0.3) is 0 Å². The number of hydrogen-bond acceptors (Lipinski definition) is 10.